The third-order valence-electron chi connectivity index (χ3n) is 1.94. The average molecular weight is 276 g/mol. The van der Waals surface area contributed by atoms with Crippen LogP contribution in [0, 0.1) is 5.82 Å². The molecule has 1 atom stereocenters. The number of hydrogen-bond acceptors (Lipinski definition) is 2. The van der Waals surface area contributed by atoms with Gasteiger partial charge in [-0.05, 0) is 24.1 Å². The minimum Gasteiger partial charge on any atom is -0.494 e. The van der Waals surface area contributed by atoms with Gasteiger partial charge in [0.25, 0.3) is 0 Å². The van der Waals surface area contributed by atoms with E-state index < -0.39 is 16.6 Å². The molecule has 0 aliphatic heterocycles. The standard InChI is InChI=1S/C10H11BrFNO2/c1-15-9-5-6(2-3-8(9)12)4-7(11)10(13)14/h2-3,5,7H,4H2,1H3,(H2,13,14). The highest BCUT2D eigenvalue weighted by molar-refractivity contribution is 9.10. The van der Waals surface area contributed by atoms with Crippen molar-refractivity contribution in [1.29, 1.82) is 0 Å². The first kappa shape index (κ1) is 12.0. The lowest BCUT2D eigenvalue weighted by atomic mass is 10.1. The molecule has 0 spiro atoms. The van der Waals surface area contributed by atoms with Gasteiger partial charge in [0, 0.05) is 0 Å². The van der Waals surface area contributed by atoms with Crippen LogP contribution in [0.3, 0.4) is 0 Å². The highest BCUT2D eigenvalue weighted by atomic mass is 79.9. The van der Waals surface area contributed by atoms with Crippen molar-refractivity contribution in [2.75, 3.05) is 7.11 Å². The molecule has 0 aliphatic rings. The van der Waals surface area contributed by atoms with Gasteiger partial charge in [-0.1, -0.05) is 22.0 Å². The first-order valence-electron chi connectivity index (χ1n) is 4.30. The smallest absolute Gasteiger partial charge is 0.231 e. The molecule has 1 unspecified atom stereocenters. The van der Waals surface area contributed by atoms with Crippen LogP contribution >= 0.6 is 15.9 Å². The first-order valence-corrected chi connectivity index (χ1v) is 5.22. The van der Waals surface area contributed by atoms with Crippen LogP contribution < -0.4 is 10.5 Å². The second-order valence-electron chi connectivity index (χ2n) is 3.04. The van der Waals surface area contributed by atoms with Gasteiger partial charge in [0.05, 0.1) is 11.9 Å². The zero-order valence-corrected chi connectivity index (χ0v) is 9.75. The molecule has 82 valence electrons. The Labute approximate surface area is 95.5 Å². The topological polar surface area (TPSA) is 52.3 Å². The minimum absolute atomic E-state index is 0.164. The quantitative estimate of drug-likeness (QED) is 0.850. The Bertz CT molecular complexity index is 370. The predicted molar refractivity (Wildman–Crippen MR) is 58.6 cm³/mol. The lowest BCUT2D eigenvalue weighted by Crippen LogP contribution is -2.24. The monoisotopic (exact) mass is 275 g/mol. The molecule has 1 aromatic carbocycles. The number of benzene rings is 1. The van der Waals surface area contributed by atoms with Crippen LogP contribution in [0.5, 0.6) is 5.75 Å². The molecular weight excluding hydrogens is 265 g/mol. The van der Waals surface area contributed by atoms with E-state index in [1.54, 1.807) is 12.1 Å². The molecule has 0 aromatic heterocycles. The van der Waals surface area contributed by atoms with Crippen molar-refractivity contribution in [2.45, 2.75) is 11.2 Å². The molecule has 3 nitrogen and oxygen atoms in total. The SMILES string of the molecule is COc1cc(CC(Br)C(N)=O)ccc1F. The lowest BCUT2D eigenvalue weighted by Gasteiger charge is -2.08. The maximum Gasteiger partial charge on any atom is 0.231 e. The molecule has 0 heterocycles. The second-order valence-corrected chi connectivity index (χ2v) is 4.15. The number of ether oxygens (including phenoxy) is 1. The van der Waals surface area contributed by atoms with E-state index in [4.69, 9.17) is 10.5 Å². The summed E-state index contributed by atoms with van der Waals surface area (Å²) in [5.74, 6) is -0.707. The third-order valence-corrected chi connectivity index (χ3v) is 2.71. The van der Waals surface area contributed by atoms with Crippen LogP contribution in [0.15, 0.2) is 18.2 Å². The Morgan fingerprint density at radius 2 is 2.33 bits per heavy atom. The maximum absolute atomic E-state index is 13.0. The van der Waals surface area contributed by atoms with E-state index in [-0.39, 0.29) is 5.75 Å². The maximum atomic E-state index is 13.0. The largest absolute Gasteiger partial charge is 0.494 e. The number of carbonyl (C=O) groups is 1. The number of rotatable bonds is 4. The van der Waals surface area contributed by atoms with E-state index in [9.17, 15) is 9.18 Å². The van der Waals surface area contributed by atoms with Gasteiger partial charge in [-0.3, -0.25) is 4.79 Å². The molecule has 0 saturated carbocycles. The summed E-state index contributed by atoms with van der Waals surface area (Å²) < 4.78 is 17.9. The van der Waals surface area contributed by atoms with Crippen LogP contribution in [0.2, 0.25) is 0 Å². The van der Waals surface area contributed by atoms with Crippen molar-refractivity contribution in [3.63, 3.8) is 0 Å². The lowest BCUT2D eigenvalue weighted by molar-refractivity contribution is -0.117. The first-order chi connectivity index (χ1) is 7.04. The molecule has 0 fully saturated rings. The fourth-order valence-corrected chi connectivity index (χ4v) is 1.51. The number of methoxy groups -OCH3 is 1. The predicted octanol–water partition coefficient (Wildman–Crippen LogP) is 1.63. The van der Waals surface area contributed by atoms with Crippen molar-refractivity contribution in [2.24, 2.45) is 5.73 Å². The highest BCUT2D eigenvalue weighted by Gasteiger charge is 2.12. The van der Waals surface area contributed by atoms with Gasteiger partial charge in [0.15, 0.2) is 11.6 Å². The number of amides is 1. The van der Waals surface area contributed by atoms with Gasteiger partial charge >= 0.3 is 0 Å². The van der Waals surface area contributed by atoms with Gasteiger partial charge in [-0.2, -0.15) is 0 Å². The van der Waals surface area contributed by atoms with Crippen LogP contribution in [0.1, 0.15) is 5.56 Å². The fourth-order valence-electron chi connectivity index (χ4n) is 1.14. The van der Waals surface area contributed by atoms with Crippen LogP contribution in [0.4, 0.5) is 4.39 Å². The third kappa shape index (κ3) is 3.20. The van der Waals surface area contributed by atoms with Crippen LogP contribution in [-0.2, 0) is 11.2 Å². The van der Waals surface area contributed by atoms with Crippen molar-refractivity contribution in [1.82, 2.24) is 0 Å². The summed E-state index contributed by atoms with van der Waals surface area (Å²) in [4.78, 5) is 10.3. The van der Waals surface area contributed by atoms with Crippen molar-refractivity contribution in [3.05, 3.63) is 29.6 Å². The van der Waals surface area contributed by atoms with Gasteiger partial charge in [0.2, 0.25) is 5.91 Å². The van der Waals surface area contributed by atoms with Gasteiger partial charge in [-0.25, -0.2) is 4.39 Å². The molecule has 0 radical (unpaired) electrons. The number of primary amides is 1. The van der Waals surface area contributed by atoms with E-state index in [1.165, 1.54) is 13.2 Å². The molecule has 1 aromatic rings. The number of hydrogen-bond donors (Lipinski definition) is 1. The summed E-state index contributed by atoms with van der Waals surface area (Å²) in [6.45, 7) is 0. The summed E-state index contributed by atoms with van der Waals surface area (Å²) in [6, 6.07) is 4.44. The zero-order chi connectivity index (χ0) is 11.4. The summed E-state index contributed by atoms with van der Waals surface area (Å²) in [6.07, 6.45) is 0.409. The Hall–Kier alpha value is -1.10. The Balaban J connectivity index is 2.83. The second kappa shape index (κ2) is 5.11. The Kier molecular flexibility index (Phi) is 4.08. The summed E-state index contributed by atoms with van der Waals surface area (Å²) >= 11 is 3.13. The molecule has 1 amide bonds. The van der Waals surface area contributed by atoms with Gasteiger partial charge < -0.3 is 10.5 Å². The molecule has 1 rings (SSSR count). The van der Waals surface area contributed by atoms with Crippen molar-refractivity contribution < 1.29 is 13.9 Å². The molecule has 0 saturated heterocycles. The fraction of sp³-hybridized carbons (Fsp3) is 0.300. The number of carbonyl (C=O) groups excluding carboxylic acids is 1. The van der Waals surface area contributed by atoms with E-state index >= 15 is 0 Å². The summed E-state index contributed by atoms with van der Waals surface area (Å²) in [7, 11) is 1.39. The summed E-state index contributed by atoms with van der Waals surface area (Å²) in [5, 5.41) is 0. The molecular formula is C10H11BrFNO2. The number of alkyl halides is 1. The highest BCUT2D eigenvalue weighted by Crippen LogP contribution is 2.20. The zero-order valence-electron chi connectivity index (χ0n) is 8.17. The molecule has 2 N–H and O–H groups in total. The average Bonchev–Trinajstić information content (AvgIpc) is 2.20. The van der Waals surface area contributed by atoms with E-state index in [1.807, 2.05) is 0 Å². The van der Waals surface area contributed by atoms with E-state index in [0.29, 0.717) is 6.42 Å². The Morgan fingerprint density at radius 3 is 2.87 bits per heavy atom. The van der Waals surface area contributed by atoms with Crippen LogP contribution in [0.25, 0.3) is 0 Å². The van der Waals surface area contributed by atoms with E-state index in [0.717, 1.165) is 5.56 Å². The van der Waals surface area contributed by atoms with Crippen molar-refractivity contribution >= 4 is 21.8 Å². The van der Waals surface area contributed by atoms with Gasteiger partial charge in [0.1, 0.15) is 0 Å². The minimum atomic E-state index is -0.451. The molecule has 0 bridgehead atoms. The molecule has 5 heteroatoms. The molecule has 15 heavy (non-hydrogen) atoms. The normalized spacial score (nSPS) is 12.2. The van der Waals surface area contributed by atoms with Crippen LogP contribution in [-0.4, -0.2) is 17.8 Å². The molecule has 0 aliphatic carbocycles. The summed E-state index contributed by atoms with van der Waals surface area (Å²) in [5.41, 5.74) is 5.88. The van der Waals surface area contributed by atoms with Crippen molar-refractivity contribution in [3.8, 4) is 5.75 Å². The number of halogens is 2. The number of nitrogens with two attached hydrogens (primary N) is 1. The van der Waals surface area contributed by atoms with E-state index in [2.05, 4.69) is 15.9 Å². The van der Waals surface area contributed by atoms with Gasteiger partial charge in [-0.15, -0.1) is 0 Å². The Morgan fingerprint density at radius 1 is 1.67 bits per heavy atom.